The molecule has 2 radical (unpaired) electrons. The largest absolute Gasteiger partial charge is 0.357 e. The maximum Gasteiger partial charge on any atom is 0.0927 e. The van der Waals surface area contributed by atoms with Crippen LogP contribution in [0, 0.1) is 0 Å². The number of halogens is 1. The Morgan fingerprint density at radius 3 is 0.857 bits per heavy atom. The second-order valence-electron chi connectivity index (χ2n) is 9.67. The van der Waals surface area contributed by atoms with E-state index in [1.165, 1.54) is 20.2 Å². The molecule has 8 bridgehead atoms. The number of aromatic nitrogens is 8. The summed E-state index contributed by atoms with van der Waals surface area (Å²) >= 11 is 3.60. The van der Waals surface area contributed by atoms with Crippen molar-refractivity contribution in [1.82, 2.24) is 39.9 Å². The van der Waals surface area contributed by atoms with E-state index in [4.69, 9.17) is 39.9 Å². The van der Waals surface area contributed by atoms with Gasteiger partial charge in [-0.15, -0.1) is 0 Å². The second-order valence-corrected chi connectivity index (χ2v) is 9.67. The Bertz CT molecular complexity index is 2040. The Balaban J connectivity index is 0.00000131. The van der Waals surface area contributed by atoms with E-state index in [-0.39, 0.29) is 0 Å². The molecular formula is C32H16IInN8-2. The van der Waals surface area contributed by atoms with Gasteiger partial charge in [-0.25, -0.2) is 9.97 Å². The summed E-state index contributed by atoms with van der Waals surface area (Å²) in [6.45, 7) is 0. The molecule has 2 aliphatic heterocycles. The van der Waals surface area contributed by atoms with Crippen molar-refractivity contribution in [2.45, 2.75) is 0 Å². The van der Waals surface area contributed by atoms with E-state index in [2.05, 4.69) is 18.1 Å². The van der Waals surface area contributed by atoms with Gasteiger partial charge in [0.05, 0.1) is 23.3 Å². The Hall–Kier alpha value is -4.16. The molecule has 0 saturated carbocycles. The van der Waals surface area contributed by atoms with Crippen molar-refractivity contribution in [3.8, 4) is 45.6 Å². The second kappa shape index (κ2) is 10.3. The van der Waals surface area contributed by atoms with Crippen LogP contribution in [0.15, 0.2) is 97.1 Å². The van der Waals surface area contributed by atoms with Crippen LogP contribution in [0.2, 0.25) is 0 Å². The summed E-state index contributed by atoms with van der Waals surface area (Å²) in [6, 6.07) is 31.8. The average Bonchev–Trinajstić information content (AvgIpc) is 3.78. The van der Waals surface area contributed by atoms with Crippen molar-refractivity contribution in [2.24, 2.45) is 0 Å². The van der Waals surface area contributed by atoms with E-state index in [9.17, 15) is 0 Å². The molecule has 8 nitrogen and oxygen atoms in total. The van der Waals surface area contributed by atoms with Crippen molar-refractivity contribution in [3.05, 3.63) is 97.1 Å². The molecule has 0 amide bonds. The molecule has 0 aliphatic carbocycles. The maximum absolute atomic E-state index is 4.95. The minimum absolute atomic E-state index is 0.552. The third-order valence-electron chi connectivity index (χ3n) is 7.33. The first-order valence-corrected chi connectivity index (χ1v) is 22.7. The van der Waals surface area contributed by atoms with Crippen molar-refractivity contribution < 1.29 is 0 Å². The van der Waals surface area contributed by atoms with Crippen LogP contribution >= 0.6 is 18.1 Å². The van der Waals surface area contributed by atoms with Crippen molar-refractivity contribution in [2.75, 3.05) is 0 Å². The minimum atomic E-state index is 0.552. The van der Waals surface area contributed by atoms with Crippen LogP contribution in [-0.4, -0.2) is 50.1 Å². The zero-order valence-corrected chi connectivity index (χ0v) is 27.2. The number of rotatable bonds is 0. The van der Waals surface area contributed by atoms with Gasteiger partial charge < -0.3 is 29.9 Å². The van der Waals surface area contributed by atoms with E-state index < -0.39 is 0 Å². The third kappa shape index (κ3) is 4.03. The van der Waals surface area contributed by atoms with E-state index in [1.807, 2.05) is 97.1 Å². The Kier molecular flexibility index (Phi) is 6.25. The number of hydrogen-bond donors (Lipinski definition) is 0. The van der Waals surface area contributed by atoms with Gasteiger partial charge in [0.25, 0.3) is 0 Å². The zero-order valence-electron chi connectivity index (χ0n) is 21.8. The van der Waals surface area contributed by atoms with Gasteiger partial charge in [0, 0.05) is 44.8 Å². The van der Waals surface area contributed by atoms with Crippen LogP contribution in [0.25, 0.3) is 89.7 Å². The number of nitrogens with zero attached hydrogens (tertiary/aromatic N) is 8. The third-order valence-corrected chi connectivity index (χ3v) is 7.33. The topological polar surface area (TPSA) is 106 Å². The van der Waals surface area contributed by atoms with Gasteiger partial charge in [-0.3, -0.25) is 0 Å². The fourth-order valence-electron chi connectivity index (χ4n) is 5.46. The maximum atomic E-state index is 4.95. The summed E-state index contributed by atoms with van der Waals surface area (Å²) in [6.07, 6.45) is 0. The predicted octanol–water partition coefficient (Wildman–Crippen LogP) is 6.63. The summed E-state index contributed by atoms with van der Waals surface area (Å²) in [7, 11) is 0. The van der Waals surface area contributed by atoms with Gasteiger partial charge in [0.15, 0.2) is 0 Å². The standard InChI is InChI=1S/C32H16N8.HI.In/c1-2-10-18-17(9-1)25-33-26(18)38-28-21-13-5-6-14-22(21)30(35-28)40-32-24-16-8-7-15-23(24)31(36-32)39-29-20-12-4-3-11-19(20)27(34-29)37-25;;/h1-16H;1H;/q-2;;+1/p-1. The SMILES string of the molecule is [In][I].c1ccc2c(c1)-c1nc-2nc2[n-]c(nc3nc(nc4[n-]c(n1)c1ccccc41)-c1ccccc1-3)c1ccccc21. The first-order chi connectivity index (χ1) is 20.8. The molecule has 0 saturated heterocycles. The molecule has 3 aromatic heterocycles. The summed E-state index contributed by atoms with van der Waals surface area (Å²) in [4.78, 5) is 39.3. The quantitative estimate of drug-likeness (QED) is 0.159. The van der Waals surface area contributed by atoms with Gasteiger partial charge in [0.2, 0.25) is 0 Å². The molecule has 0 fully saturated rings. The van der Waals surface area contributed by atoms with Gasteiger partial charge in [0.1, 0.15) is 0 Å². The van der Waals surface area contributed by atoms with E-state index in [1.54, 1.807) is 0 Å². The van der Waals surface area contributed by atoms with Crippen molar-refractivity contribution in [1.29, 1.82) is 0 Å². The molecule has 5 heterocycles. The van der Waals surface area contributed by atoms with Gasteiger partial charge >= 0.3 is 38.4 Å². The molecule has 0 unspecified atom stereocenters. The van der Waals surface area contributed by atoms with Gasteiger partial charge in [-0.05, 0) is 21.5 Å². The van der Waals surface area contributed by atoms with Crippen LogP contribution in [0.3, 0.4) is 0 Å². The number of fused-ring (bicyclic) bond motifs is 20. The molecule has 4 aromatic carbocycles. The Morgan fingerprint density at radius 1 is 0.357 bits per heavy atom. The van der Waals surface area contributed by atoms with Crippen molar-refractivity contribution >= 4 is 82.5 Å². The number of hydrogen-bond acceptors (Lipinski definition) is 6. The zero-order chi connectivity index (χ0) is 28.2. The van der Waals surface area contributed by atoms with Crippen LogP contribution in [0.4, 0.5) is 0 Å². The van der Waals surface area contributed by atoms with E-state index in [0.717, 1.165) is 43.8 Å². The summed E-state index contributed by atoms with van der Waals surface area (Å²) < 4.78 is 0. The fourth-order valence-corrected chi connectivity index (χ4v) is 5.46. The molecule has 196 valence electrons. The molecular weight excluding hydrogens is 738 g/mol. The van der Waals surface area contributed by atoms with Gasteiger partial charge in [-0.1, -0.05) is 97.1 Å². The summed E-state index contributed by atoms with van der Waals surface area (Å²) in [5.41, 5.74) is 5.78. The van der Waals surface area contributed by atoms with Crippen LogP contribution < -0.4 is 9.97 Å². The molecule has 42 heavy (non-hydrogen) atoms. The molecule has 0 N–H and O–H groups in total. The summed E-state index contributed by atoms with van der Waals surface area (Å²) in [5, 5.41) is 3.57. The molecule has 2 aliphatic rings. The van der Waals surface area contributed by atoms with E-state index in [0.29, 0.717) is 45.9 Å². The minimum Gasteiger partial charge on any atom is -0.357 e. The van der Waals surface area contributed by atoms with Crippen LogP contribution in [-0.2, 0) is 0 Å². The predicted molar refractivity (Wildman–Crippen MR) is 174 cm³/mol. The molecule has 7 aromatic rings. The Morgan fingerprint density at radius 2 is 0.595 bits per heavy atom. The molecule has 10 heteroatoms. The normalized spacial score (nSPS) is 11.5. The molecule has 0 atom stereocenters. The first kappa shape index (κ1) is 25.5. The van der Waals surface area contributed by atoms with Crippen LogP contribution in [0.5, 0.6) is 0 Å². The number of benzene rings is 4. The fraction of sp³-hybridized carbons (Fsp3) is 0. The smallest absolute Gasteiger partial charge is 0.0927 e. The first-order valence-electron chi connectivity index (χ1n) is 13.1. The molecule has 9 rings (SSSR count). The van der Waals surface area contributed by atoms with Gasteiger partial charge in [-0.2, -0.15) is 0 Å². The average molecular weight is 754 g/mol. The summed E-state index contributed by atoms with van der Waals surface area (Å²) in [5.74, 6) is 2.21. The van der Waals surface area contributed by atoms with E-state index >= 15 is 0 Å². The Labute approximate surface area is 263 Å². The molecule has 0 spiro atoms. The monoisotopic (exact) mass is 754 g/mol. The van der Waals surface area contributed by atoms with Crippen LogP contribution in [0.1, 0.15) is 0 Å². The van der Waals surface area contributed by atoms with Crippen molar-refractivity contribution in [3.63, 3.8) is 0 Å².